The molecule has 0 atom stereocenters. The van der Waals surface area contributed by atoms with E-state index in [2.05, 4.69) is 30.3 Å². The van der Waals surface area contributed by atoms with E-state index < -0.39 is 5.24 Å². The number of hydrogen-bond acceptors (Lipinski definition) is 1. The second-order valence-corrected chi connectivity index (χ2v) is 5.16. The van der Waals surface area contributed by atoms with E-state index in [1.807, 2.05) is 31.2 Å². The highest BCUT2D eigenvalue weighted by atomic mass is 35.5. The van der Waals surface area contributed by atoms with Gasteiger partial charge in [0.1, 0.15) is 0 Å². The summed E-state index contributed by atoms with van der Waals surface area (Å²) in [4.78, 5) is 11.4. The molecule has 0 aromatic heterocycles. The molecule has 3 aromatic rings. The summed E-state index contributed by atoms with van der Waals surface area (Å²) in [6, 6.07) is 20.2. The highest BCUT2D eigenvalue weighted by Gasteiger charge is 2.10. The van der Waals surface area contributed by atoms with Crippen LogP contribution in [0.25, 0.3) is 21.9 Å². The van der Waals surface area contributed by atoms with Crippen LogP contribution in [0.5, 0.6) is 0 Å². The van der Waals surface area contributed by atoms with Crippen molar-refractivity contribution in [3.8, 4) is 11.1 Å². The molecule has 0 aliphatic rings. The van der Waals surface area contributed by atoms with Crippen LogP contribution in [-0.2, 0) is 0 Å². The van der Waals surface area contributed by atoms with Crippen LogP contribution < -0.4 is 0 Å². The Labute approximate surface area is 122 Å². The molecule has 0 radical (unpaired) electrons. The molecule has 2 heteroatoms. The molecule has 0 fully saturated rings. The number of benzene rings is 3. The summed E-state index contributed by atoms with van der Waals surface area (Å²) in [5, 5.41) is 1.98. The predicted octanol–water partition coefficient (Wildman–Crippen LogP) is 5.19. The Balaban J connectivity index is 2.20. The first kappa shape index (κ1) is 12.9. The van der Waals surface area contributed by atoms with Crippen LogP contribution in [0.1, 0.15) is 15.9 Å². The van der Waals surface area contributed by atoms with Crippen LogP contribution in [0, 0.1) is 6.92 Å². The second kappa shape index (κ2) is 5.10. The third kappa shape index (κ3) is 2.21. The van der Waals surface area contributed by atoms with Crippen molar-refractivity contribution in [2.75, 3.05) is 0 Å². The maximum atomic E-state index is 11.4. The van der Waals surface area contributed by atoms with Crippen LogP contribution in [-0.4, -0.2) is 5.24 Å². The molecule has 0 N–H and O–H groups in total. The molecule has 3 rings (SSSR count). The summed E-state index contributed by atoms with van der Waals surface area (Å²) >= 11 is 5.62. The van der Waals surface area contributed by atoms with E-state index in [-0.39, 0.29) is 0 Å². The van der Waals surface area contributed by atoms with Gasteiger partial charge in [-0.1, -0.05) is 48.5 Å². The number of hydrogen-bond donors (Lipinski definition) is 0. The first-order valence-corrected chi connectivity index (χ1v) is 6.83. The van der Waals surface area contributed by atoms with Gasteiger partial charge in [0, 0.05) is 5.56 Å². The minimum atomic E-state index is -0.412. The maximum absolute atomic E-state index is 11.4. The van der Waals surface area contributed by atoms with Gasteiger partial charge >= 0.3 is 0 Å². The number of rotatable bonds is 2. The number of carbonyl (C=O) groups excluding carboxylic acids is 1. The number of carbonyl (C=O) groups is 1. The molecule has 0 aliphatic carbocycles. The fraction of sp³-hybridized carbons (Fsp3) is 0.0556. The molecular weight excluding hydrogens is 268 g/mol. The molecule has 0 heterocycles. The maximum Gasteiger partial charge on any atom is 0.252 e. The number of fused-ring (bicyclic) bond motifs is 1. The van der Waals surface area contributed by atoms with Gasteiger partial charge in [0.25, 0.3) is 5.24 Å². The summed E-state index contributed by atoms with van der Waals surface area (Å²) in [6.07, 6.45) is 0. The molecule has 98 valence electrons. The van der Waals surface area contributed by atoms with Crippen molar-refractivity contribution in [2.45, 2.75) is 6.92 Å². The molecule has 1 nitrogen and oxygen atoms in total. The van der Waals surface area contributed by atoms with Crippen molar-refractivity contribution >= 4 is 27.6 Å². The molecule has 0 spiro atoms. The van der Waals surface area contributed by atoms with Gasteiger partial charge < -0.3 is 0 Å². The minimum Gasteiger partial charge on any atom is -0.276 e. The zero-order chi connectivity index (χ0) is 14.1. The van der Waals surface area contributed by atoms with Crippen molar-refractivity contribution in [3.05, 3.63) is 71.8 Å². The van der Waals surface area contributed by atoms with Gasteiger partial charge in [0.15, 0.2) is 0 Å². The van der Waals surface area contributed by atoms with Crippen LogP contribution in [0.2, 0.25) is 0 Å². The van der Waals surface area contributed by atoms with E-state index in [9.17, 15) is 4.79 Å². The molecule has 0 saturated carbocycles. The Hall–Kier alpha value is -2.12. The zero-order valence-corrected chi connectivity index (χ0v) is 11.8. The van der Waals surface area contributed by atoms with Gasteiger partial charge in [-0.25, -0.2) is 0 Å². The van der Waals surface area contributed by atoms with Crippen molar-refractivity contribution in [3.63, 3.8) is 0 Å². The average Bonchev–Trinajstić information content (AvgIpc) is 2.46. The van der Waals surface area contributed by atoms with Gasteiger partial charge in [-0.2, -0.15) is 0 Å². The van der Waals surface area contributed by atoms with Crippen molar-refractivity contribution < 1.29 is 4.79 Å². The Morgan fingerprint density at radius 1 is 0.900 bits per heavy atom. The van der Waals surface area contributed by atoms with Crippen LogP contribution in [0.3, 0.4) is 0 Å². The summed E-state index contributed by atoms with van der Waals surface area (Å²) in [6.45, 7) is 1.93. The molecule has 0 bridgehead atoms. The standard InChI is InChI=1S/C18H13ClO/c1-12-16(7-4-8-17(12)18(19)20)15-10-9-13-5-2-3-6-14(13)11-15/h2-11H,1H3. The monoisotopic (exact) mass is 280 g/mol. The predicted molar refractivity (Wildman–Crippen MR) is 84.3 cm³/mol. The van der Waals surface area contributed by atoms with Gasteiger partial charge in [-0.05, 0) is 58.1 Å². The smallest absolute Gasteiger partial charge is 0.252 e. The van der Waals surface area contributed by atoms with Crippen molar-refractivity contribution in [1.82, 2.24) is 0 Å². The second-order valence-electron chi connectivity index (χ2n) is 4.81. The van der Waals surface area contributed by atoms with E-state index in [0.717, 1.165) is 16.7 Å². The molecule has 20 heavy (non-hydrogen) atoms. The first-order chi connectivity index (χ1) is 9.66. The van der Waals surface area contributed by atoms with Crippen LogP contribution in [0.15, 0.2) is 60.7 Å². The molecule has 0 amide bonds. The lowest BCUT2D eigenvalue weighted by atomic mass is 9.95. The summed E-state index contributed by atoms with van der Waals surface area (Å²) < 4.78 is 0. The van der Waals surface area contributed by atoms with E-state index in [0.29, 0.717) is 5.56 Å². The molecule has 3 aromatic carbocycles. The SMILES string of the molecule is Cc1c(C(=O)Cl)cccc1-c1ccc2ccccc2c1. The molecule has 0 aliphatic heterocycles. The lowest BCUT2D eigenvalue weighted by molar-refractivity contribution is 0.108. The van der Waals surface area contributed by atoms with E-state index in [4.69, 9.17) is 11.6 Å². The van der Waals surface area contributed by atoms with Gasteiger partial charge in [-0.15, -0.1) is 0 Å². The minimum absolute atomic E-state index is 0.412. The third-order valence-corrected chi connectivity index (χ3v) is 3.81. The van der Waals surface area contributed by atoms with E-state index >= 15 is 0 Å². The lowest BCUT2D eigenvalue weighted by Gasteiger charge is -2.10. The Kier molecular flexibility index (Phi) is 3.29. The van der Waals surface area contributed by atoms with Gasteiger partial charge in [0.2, 0.25) is 0 Å². The molecule has 0 saturated heterocycles. The largest absolute Gasteiger partial charge is 0.276 e. The Morgan fingerprint density at radius 3 is 2.40 bits per heavy atom. The fourth-order valence-corrected chi connectivity index (χ4v) is 2.72. The van der Waals surface area contributed by atoms with Gasteiger partial charge in [0.05, 0.1) is 0 Å². The van der Waals surface area contributed by atoms with Crippen molar-refractivity contribution in [1.29, 1.82) is 0 Å². The third-order valence-electron chi connectivity index (χ3n) is 3.61. The summed E-state index contributed by atoms with van der Waals surface area (Å²) in [5.74, 6) is 0. The quantitative estimate of drug-likeness (QED) is 0.590. The summed E-state index contributed by atoms with van der Waals surface area (Å²) in [5.41, 5.74) is 3.63. The van der Waals surface area contributed by atoms with Crippen molar-refractivity contribution in [2.24, 2.45) is 0 Å². The Morgan fingerprint density at radius 2 is 1.65 bits per heavy atom. The van der Waals surface area contributed by atoms with Gasteiger partial charge in [-0.3, -0.25) is 4.79 Å². The fourth-order valence-electron chi connectivity index (χ4n) is 2.52. The first-order valence-electron chi connectivity index (χ1n) is 6.45. The topological polar surface area (TPSA) is 17.1 Å². The number of halogens is 1. The zero-order valence-electron chi connectivity index (χ0n) is 11.1. The average molecular weight is 281 g/mol. The summed E-state index contributed by atoms with van der Waals surface area (Å²) in [7, 11) is 0. The highest BCUT2D eigenvalue weighted by Crippen LogP contribution is 2.29. The van der Waals surface area contributed by atoms with Crippen LogP contribution >= 0.6 is 11.6 Å². The molecular formula is C18H13ClO. The Bertz CT molecular complexity index is 805. The molecule has 0 unspecified atom stereocenters. The highest BCUT2D eigenvalue weighted by molar-refractivity contribution is 6.68. The van der Waals surface area contributed by atoms with E-state index in [1.54, 1.807) is 6.07 Å². The van der Waals surface area contributed by atoms with Crippen LogP contribution in [0.4, 0.5) is 0 Å². The normalized spacial score (nSPS) is 10.7. The van der Waals surface area contributed by atoms with E-state index in [1.165, 1.54) is 10.8 Å². The lowest BCUT2D eigenvalue weighted by Crippen LogP contribution is -1.95.